The Hall–Kier alpha value is -0.870. The van der Waals surface area contributed by atoms with E-state index < -0.39 is 0 Å². The maximum absolute atomic E-state index is 5.56. The number of halogens is 1. The highest BCUT2D eigenvalue weighted by Gasteiger charge is 2.47. The van der Waals surface area contributed by atoms with Crippen molar-refractivity contribution in [2.75, 3.05) is 6.61 Å². The monoisotopic (exact) mass is 306 g/mol. The summed E-state index contributed by atoms with van der Waals surface area (Å²) in [7, 11) is 0. The van der Waals surface area contributed by atoms with Gasteiger partial charge in [-0.15, -0.1) is 0 Å². The molecule has 1 saturated carbocycles. The molecule has 2 fully saturated rings. The zero-order valence-electron chi connectivity index (χ0n) is 10.1. The van der Waals surface area contributed by atoms with Gasteiger partial charge in [0.15, 0.2) is 0 Å². The number of aromatic nitrogens is 2. The average Bonchev–Trinajstić information content (AvgIpc) is 2.99. The molecule has 1 aromatic carbocycles. The molecule has 1 aromatic heterocycles. The van der Waals surface area contributed by atoms with Gasteiger partial charge < -0.3 is 4.74 Å². The van der Waals surface area contributed by atoms with E-state index >= 15 is 0 Å². The summed E-state index contributed by atoms with van der Waals surface area (Å²) in [5.41, 5.74) is 1.35. The van der Waals surface area contributed by atoms with Crippen molar-refractivity contribution in [2.45, 2.75) is 37.3 Å². The molecule has 0 N–H and O–H groups in total. The zero-order valence-corrected chi connectivity index (χ0v) is 11.7. The van der Waals surface area contributed by atoms with Crippen molar-refractivity contribution in [1.29, 1.82) is 0 Å². The molecule has 1 saturated heterocycles. The predicted molar refractivity (Wildman–Crippen MR) is 73.6 cm³/mol. The highest BCUT2D eigenvalue weighted by molar-refractivity contribution is 9.10. The number of rotatable bonds is 1. The van der Waals surface area contributed by atoms with Gasteiger partial charge in [0.2, 0.25) is 0 Å². The van der Waals surface area contributed by atoms with Crippen molar-refractivity contribution in [3.05, 3.63) is 28.9 Å². The van der Waals surface area contributed by atoms with Gasteiger partial charge in [-0.25, -0.2) is 0 Å². The van der Waals surface area contributed by atoms with Gasteiger partial charge >= 0.3 is 0 Å². The summed E-state index contributed by atoms with van der Waals surface area (Å²) in [6, 6.07) is 6.80. The lowest BCUT2D eigenvalue weighted by Gasteiger charge is -2.26. The number of ether oxygens (including phenoxy) is 1. The molecule has 0 amide bonds. The normalized spacial score (nSPS) is 31.1. The minimum absolute atomic E-state index is 0.270. The van der Waals surface area contributed by atoms with Crippen LogP contribution in [0.25, 0.3) is 10.9 Å². The van der Waals surface area contributed by atoms with Crippen molar-refractivity contribution in [1.82, 2.24) is 9.78 Å². The van der Waals surface area contributed by atoms with Crippen LogP contribution in [0.3, 0.4) is 0 Å². The molecule has 0 atom stereocenters. The van der Waals surface area contributed by atoms with Gasteiger partial charge in [0.05, 0.1) is 23.8 Å². The number of benzene rings is 1. The third-order valence-corrected chi connectivity index (χ3v) is 4.77. The van der Waals surface area contributed by atoms with Gasteiger partial charge in [0.25, 0.3) is 0 Å². The summed E-state index contributed by atoms with van der Waals surface area (Å²) < 4.78 is 8.83. The lowest BCUT2D eigenvalue weighted by atomic mass is 9.86. The Morgan fingerprint density at radius 1 is 1.33 bits per heavy atom. The van der Waals surface area contributed by atoms with Crippen molar-refractivity contribution in [3.63, 3.8) is 0 Å². The van der Waals surface area contributed by atoms with E-state index in [1.165, 1.54) is 31.1 Å². The molecule has 94 valence electrons. The largest absolute Gasteiger partial charge is 0.370 e. The van der Waals surface area contributed by atoms with Crippen LogP contribution >= 0.6 is 15.9 Å². The van der Waals surface area contributed by atoms with E-state index in [0.717, 1.165) is 16.6 Å². The molecule has 1 aliphatic heterocycles. The van der Waals surface area contributed by atoms with Crippen LogP contribution < -0.4 is 0 Å². The highest BCUT2D eigenvalue weighted by Crippen LogP contribution is 2.45. The maximum Gasteiger partial charge on any atom is 0.0924 e. The average molecular weight is 307 g/mol. The van der Waals surface area contributed by atoms with Gasteiger partial charge in [-0.05, 0) is 43.9 Å². The molecule has 0 radical (unpaired) electrons. The minimum Gasteiger partial charge on any atom is -0.370 e. The molecule has 0 unspecified atom stereocenters. The van der Waals surface area contributed by atoms with Crippen LogP contribution in [0.2, 0.25) is 0 Å². The molecular weight excluding hydrogens is 292 g/mol. The third kappa shape index (κ3) is 1.79. The van der Waals surface area contributed by atoms with Crippen molar-refractivity contribution < 1.29 is 4.74 Å². The summed E-state index contributed by atoms with van der Waals surface area (Å²) in [5.74, 6) is 0. The Labute approximate surface area is 114 Å². The van der Waals surface area contributed by atoms with Crippen molar-refractivity contribution in [2.24, 2.45) is 0 Å². The molecule has 1 spiro atoms. The van der Waals surface area contributed by atoms with E-state index in [4.69, 9.17) is 9.84 Å². The lowest BCUT2D eigenvalue weighted by Crippen LogP contribution is -2.23. The first-order valence-electron chi connectivity index (χ1n) is 6.53. The molecule has 0 bridgehead atoms. The van der Waals surface area contributed by atoms with Crippen LogP contribution in [0.15, 0.2) is 28.9 Å². The van der Waals surface area contributed by atoms with Gasteiger partial charge in [0.1, 0.15) is 0 Å². The molecule has 4 heteroatoms. The summed E-state index contributed by atoms with van der Waals surface area (Å²) in [4.78, 5) is 0. The number of nitrogens with zero attached hydrogens (tertiary/aromatic N) is 2. The number of hydrogen-bond donors (Lipinski definition) is 0. The van der Waals surface area contributed by atoms with Crippen LogP contribution in [0.1, 0.15) is 31.7 Å². The Bertz CT molecular complexity index is 593. The van der Waals surface area contributed by atoms with E-state index in [2.05, 4.69) is 38.9 Å². The van der Waals surface area contributed by atoms with Gasteiger partial charge in [-0.3, -0.25) is 4.68 Å². The second-order valence-corrected chi connectivity index (χ2v) is 6.43. The number of epoxide rings is 1. The van der Waals surface area contributed by atoms with E-state index in [-0.39, 0.29) is 5.60 Å². The molecule has 1 aliphatic carbocycles. The quantitative estimate of drug-likeness (QED) is 0.752. The predicted octanol–water partition coefficient (Wildman–Crippen LogP) is 3.68. The second kappa shape index (κ2) is 3.81. The highest BCUT2D eigenvalue weighted by atomic mass is 79.9. The summed E-state index contributed by atoms with van der Waals surface area (Å²) in [6.45, 7) is 0.980. The van der Waals surface area contributed by atoms with Crippen LogP contribution in [0.4, 0.5) is 0 Å². The summed E-state index contributed by atoms with van der Waals surface area (Å²) in [5, 5.41) is 5.92. The van der Waals surface area contributed by atoms with Gasteiger partial charge in [-0.1, -0.05) is 15.9 Å². The number of hydrogen-bond acceptors (Lipinski definition) is 2. The fraction of sp³-hybridized carbons (Fsp3) is 0.500. The van der Waals surface area contributed by atoms with Crippen molar-refractivity contribution >= 4 is 26.8 Å². The lowest BCUT2D eigenvalue weighted by molar-refractivity contribution is 0.194. The first-order valence-corrected chi connectivity index (χ1v) is 7.32. The molecular formula is C14H15BrN2O. The van der Waals surface area contributed by atoms with Crippen LogP contribution in [0.5, 0.6) is 0 Å². The Kier molecular flexibility index (Phi) is 2.33. The standard InChI is InChI=1S/C14H15BrN2O/c15-11-1-2-13-10(7-11)8-17(16-13)12-3-5-14(6-4-12)9-18-14/h1-2,7-8,12H,3-6,9H2. The first kappa shape index (κ1) is 11.0. The molecule has 2 aliphatic rings. The summed E-state index contributed by atoms with van der Waals surface area (Å²) in [6.07, 6.45) is 6.94. The van der Waals surface area contributed by atoms with E-state index in [1.807, 2.05) is 6.07 Å². The smallest absolute Gasteiger partial charge is 0.0924 e. The second-order valence-electron chi connectivity index (χ2n) is 5.52. The number of fused-ring (bicyclic) bond motifs is 1. The molecule has 2 aromatic rings. The van der Waals surface area contributed by atoms with E-state index in [0.29, 0.717) is 6.04 Å². The first-order chi connectivity index (χ1) is 8.74. The van der Waals surface area contributed by atoms with Crippen LogP contribution in [-0.4, -0.2) is 22.0 Å². The fourth-order valence-corrected chi connectivity index (χ4v) is 3.37. The Morgan fingerprint density at radius 2 is 2.11 bits per heavy atom. The molecule has 3 nitrogen and oxygen atoms in total. The molecule has 4 rings (SSSR count). The van der Waals surface area contributed by atoms with Crippen molar-refractivity contribution in [3.8, 4) is 0 Å². The molecule has 2 heterocycles. The van der Waals surface area contributed by atoms with Crippen LogP contribution in [-0.2, 0) is 4.74 Å². The minimum atomic E-state index is 0.270. The Balaban J connectivity index is 1.62. The fourth-order valence-electron chi connectivity index (χ4n) is 2.99. The summed E-state index contributed by atoms with van der Waals surface area (Å²) >= 11 is 3.51. The van der Waals surface area contributed by atoms with Gasteiger partial charge in [-0.2, -0.15) is 5.10 Å². The third-order valence-electron chi connectivity index (χ3n) is 4.28. The maximum atomic E-state index is 5.56. The Morgan fingerprint density at radius 3 is 2.83 bits per heavy atom. The van der Waals surface area contributed by atoms with Gasteiger partial charge in [0, 0.05) is 16.1 Å². The van der Waals surface area contributed by atoms with Crippen LogP contribution in [0, 0.1) is 0 Å². The zero-order chi connectivity index (χ0) is 12.2. The molecule has 18 heavy (non-hydrogen) atoms. The SMILES string of the molecule is Brc1ccc2nn(C3CCC4(CC3)CO4)cc2c1. The topological polar surface area (TPSA) is 30.4 Å². The van der Waals surface area contributed by atoms with E-state index in [9.17, 15) is 0 Å². The van der Waals surface area contributed by atoms with E-state index in [1.54, 1.807) is 0 Å².